The van der Waals surface area contributed by atoms with E-state index in [4.69, 9.17) is 4.84 Å². The largest absolute Gasteiger partial charge is 0.341 e. The summed E-state index contributed by atoms with van der Waals surface area (Å²) in [6, 6.07) is 7.79. The number of hydrogen-bond acceptors (Lipinski definition) is 7. The van der Waals surface area contributed by atoms with Crippen LogP contribution in [-0.2, 0) is 20.1 Å². The molecule has 1 aromatic rings. The van der Waals surface area contributed by atoms with Crippen LogP contribution in [0.15, 0.2) is 34.7 Å². The number of rotatable bonds is 5. The molecule has 0 radical (unpaired) electrons. The number of hydroxylamine groups is 2. The molecule has 2 aliphatic rings. The first-order valence-corrected chi connectivity index (χ1v) is 10.4. The van der Waals surface area contributed by atoms with E-state index in [0.717, 1.165) is 5.56 Å². The van der Waals surface area contributed by atoms with Crippen molar-refractivity contribution in [1.29, 1.82) is 0 Å². The van der Waals surface area contributed by atoms with Crippen LogP contribution in [0, 0.1) is 0 Å². The average molecular weight is 425 g/mol. The van der Waals surface area contributed by atoms with Crippen molar-refractivity contribution in [3.63, 3.8) is 0 Å². The molecular weight excluding hydrogens is 398 g/mol. The van der Waals surface area contributed by atoms with Gasteiger partial charge in [0.1, 0.15) is 6.04 Å². The van der Waals surface area contributed by atoms with Crippen LogP contribution in [0.4, 0.5) is 4.79 Å². The lowest BCUT2D eigenvalue weighted by Gasteiger charge is -2.46. The molecule has 3 atom stereocenters. The van der Waals surface area contributed by atoms with Crippen LogP contribution in [0.1, 0.15) is 11.5 Å². The lowest BCUT2D eigenvalue weighted by Crippen LogP contribution is -2.69. The Balaban J connectivity index is 2.10. The van der Waals surface area contributed by atoms with Crippen LogP contribution in [0.5, 0.6) is 0 Å². The van der Waals surface area contributed by atoms with E-state index in [2.05, 4.69) is 15.0 Å². The predicted octanol–water partition coefficient (Wildman–Crippen LogP) is -0.267. The minimum atomic E-state index is -2.69. The zero-order chi connectivity index (χ0) is 21.2. The number of amides is 3. The Hall–Kier alpha value is -2.34. The second-order valence-electron chi connectivity index (χ2n) is 7.47. The van der Waals surface area contributed by atoms with Crippen LogP contribution in [-0.4, -0.2) is 88.9 Å². The monoisotopic (exact) mass is 424 g/mol. The second kappa shape index (κ2) is 8.19. The van der Waals surface area contributed by atoms with Crippen LogP contribution in [0.25, 0.3) is 0 Å². The number of urea groups is 1. The highest BCUT2D eigenvalue weighted by molar-refractivity contribution is 7.61. The molecule has 1 saturated heterocycles. The van der Waals surface area contributed by atoms with E-state index < -0.39 is 39.9 Å². The first kappa shape index (κ1) is 21.4. The van der Waals surface area contributed by atoms with Gasteiger partial charge in [-0.2, -0.15) is 17.8 Å². The van der Waals surface area contributed by atoms with E-state index in [1.807, 2.05) is 37.4 Å². The van der Waals surface area contributed by atoms with Gasteiger partial charge in [0.05, 0.1) is 46.3 Å². The van der Waals surface area contributed by atoms with Crippen molar-refractivity contribution in [3.05, 3.63) is 35.9 Å². The van der Waals surface area contributed by atoms with Crippen LogP contribution < -0.4 is 10.6 Å². The number of carbonyl (C=O) groups is 2. The molecular formula is C18H26N5O5S+. The normalized spacial score (nSPS) is 28.2. The first-order chi connectivity index (χ1) is 13.8. The third-order valence-electron chi connectivity index (χ3n) is 6.15. The second-order valence-corrected chi connectivity index (χ2v) is 8.11. The van der Waals surface area contributed by atoms with Gasteiger partial charge in [-0.05, 0) is 5.56 Å². The molecule has 0 bridgehead atoms. The molecule has 1 aliphatic carbocycles. The van der Waals surface area contributed by atoms with Gasteiger partial charge in [-0.3, -0.25) is 10.1 Å². The fourth-order valence-electron chi connectivity index (χ4n) is 4.57. The van der Waals surface area contributed by atoms with Gasteiger partial charge in [-0.1, -0.05) is 30.3 Å². The maximum Gasteiger partial charge on any atom is 0.321 e. The SMILES string of the molecule is CNC(=O)NC(=O)C1([N+]2(C)CCN(OC)CC2)C(N=S(=O)=O)C1c1ccccc1. The zero-order valence-electron chi connectivity index (χ0n) is 16.7. The number of quaternary nitrogens is 1. The molecule has 0 spiro atoms. The number of likely N-dealkylation sites (N-methyl/N-ethyl adjacent to an activating group) is 1. The number of benzene rings is 1. The third kappa shape index (κ3) is 3.66. The molecule has 2 fully saturated rings. The van der Waals surface area contributed by atoms with Crippen molar-refractivity contribution >= 4 is 22.4 Å². The van der Waals surface area contributed by atoms with Crippen molar-refractivity contribution in [2.45, 2.75) is 17.5 Å². The summed E-state index contributed by atoms with van der Waals surface area (Å²) in [7, 11) is 2.23. The van der Waals surface area contributed by atoms with Crippen LogP contribution in [0.3, 0.4) is 0 Å². The number of nitrogens with one attached hydrogen (secondary N) is 2. The summed E-state index contributed by atoms with van der Waals surface area (Å²) in [5, 5.41) is 6.55. The zero-order valence-corrected chi connectivity index (χ0v) is 17.5. The highest BCUT2D eigenvalue weighted by atomic mass is 32.2. The summed E-state index contributed by atoms with van der Waals surface area (Å²) in [5.74, 6) is -0.997. The van der Waals surface area contributed by atoms with Crippen LogP contribution >= 0.6 is 0 Å². The molecule has 2 N–H and O–H groups in total. The summed E-state index contributed by atoms with van der Waals surface area (Å²) < 4.78 is 27.1. The number of piperazine rings is 1. The predicted molar refractivity (Wildman–Crippen MR) is 104 cm³/mol. The molecule has 10 nitrogen and oxygen atoms in total. The van der Waals surface area contributed by atoms with Gasteiger partial charge in [0.2, 0.25) is 5.54 Å². The maximum atomic E-state index is 13.4. The van der Waals surface area contributed by atoms with Crippen molar-refractivity contribution in [3.8, 4) is 0 Å². The standard InChI is InChI=1S/C18H25N5O5S/c1-19-17(25)20-16(24)18(23(2)11-9-22(28-3)10-12-23)14(15(18)21-29(26)27)13-7-5-4-6-8-13/h4-8,14-15H,9-12H2,1-3H3,(H-,19,20,24,25)/p+1. The summed E-state index contributed by atoms with van der Waals surface area (Å²) in [6.45, 7) is 2.21. The molecule has 3 rings (SSSR count). The lowest BCUT2D eigenvalue weighted by atomic mass is 10.0. The van der Waals surface area contributed by atoms with Crippen LogP contribution in [0.2, 0.25) is 0 Å². The minimum absolute atomic E-state index is 0.251. The van der Waals surface area contributed by atoms with E-state index in [-0.39, 0.29) is 4.48 Å². The maximum absolute atomic E-state index is 13.4. The van der Waals surface area contributed by atoms with E-state index in [1.165, 1.54) is 7.05 Å². The Kier molecular flexibility index (Phi) is 6.03. The van der Waals surface area contributed by atoms with Gasteiger partial charge in [0, 0.05) is 7.05 Å². The molecule has 3 amide bonds. The first-order valence-electron chi connectivity index (χ1n) is 9.32. The lowest BCUT2D eigenvalue weighted by molar-refractivity contribution is -0.941. The van der Waals surface area contributed by atoms with E-state index in [0.29, 0.717) is 26.2 Å². The van der Waals surface area contributed by atoms with Crippen molar-refractivity contribution < 1.29 is 27.3 Å². The van der Waals surface area contributed by atoms with Gasteiger partial charge < -0.3 is 14.6 Å². The fraction of sp³-hybridized carbons (Fsp3) is 0.556. The smallest absolute Gasteiger partial charge is 0.321 e. The average Bonchev–Trinajstić information content (AvgIpc) is 3.38. The molecule has 1 heterocycles. The Labute approximate surface area is 171 Å². The molecule has 3 unspecified atom stereocenters. The fourth-order valence-corrected chi connectivity index (χ4v) is 5.04. The third-order valence-corrected chi connectivity index (χ3v) is 6.54. The Morgan fingerprint density at radius 1 is 1.24 bits per heavy atom. The van der Waals surface area contributed by atoms with Crippen molar-refractivity contribution in [2.75, 3.05) is 47.4 Å². The molecule has 158 valence electrons. The van der Waals surface area contributed by atoms with E-state index in [9.17, 15) is 18.0 Å². The van der Waals surface area contributed by atoms with Gasteiger partial charge >= 0.3 is 16.5 Å². The minimum Gasteiger partial charge on any atom is -0.341 e. The molecule has 11 heteroatoms. The summed E-state index contributed by atoms with van der Waals surface area (Å²) >= 11 is 0. The van der Waals surface area contributed by atoms with E-state index >= 15 is 0 Å². The molecule has 1 aromatic carbocycles. The van der Waals surface area contributed by atoms with Gasteiger partial charge in [-0.15, -0.1) is 0 Å². The Morgan fingerprint density at radius 3 is 2.38 bits per heavy atom. The van der Waals surface area contributed by atoms with Crippen molar-refractivity contribution in [2.24, 2.45) is 4.36 Å². The van der Waals surface area contributed by atoms with Gasteiger partial charge in [0.15, 0.2) is 0 Å². The highest BCUT2D eigenvalue weighted by Gasteiger charge is 2.82. The highest BCUT2D eigenvalue weighted by Crippen LogP contribution is 2.60. The summed E-state index contributed by atoms with van der Waals surface area (Å²) in [4.78, 5) is 30.7. The van der Waals surface area contributed by atoms with Gasteiger partial charge in [0.25, 0.3) is 5.91 Å². The molecule has 0 aromatic heterocycles. The number of hydrogen-bond donors (Lipinski definition) is 2. The number of nitrogens with zero attached hydrogens (tertiary/aromatic N) is 3. The quantitative estimate of drug-likeness (QED) is 0.629. The number of carbonyl (C=O) groups excluding carboxylic acids is 2. The van der Waals surface area contributed by atoms with Gasteiger partial charge in [-0.25, -0.2) is 4.79 Å². The van der Waals surface area contributed by atoms with Crippen molar-refractivity contribution in [1.82, 2.24) is 15.7 Å². The Morgan fingerprint density at radius 2 is 1.86 bits per heavy atom. The Bertz CT molecular complexity index is 906. The topological polar surface area (TPSA) is 117 Å². The molecule has 29 heavy (non-hydrogen) atoms. The molecule has 1 aliphatic heterocycles. The summed E-state index contributed by atoms with van der Waals surface area (Å²) in [5.41, 5.74) is -0.402. The number of imide groups is 1. The van der Waals surface area contributed by atoms with E-state index in [1.54, 1.807) is 12.2 Å². The molecule has 1 saturated carbocycles. The summed E-state index contributed by atoms with van der Waals surface area (Å²) in [6.07, 6.45) is 0.